The largest absolute Gasteiger partial charge is 0.447 e. The number of cyclic esters (lactones) is 2. The Labute approximate surface area is 500 Å². The molecule has 0 saturated carbocycles. The van der Waals surface area contributed by atoms with Crippen molar-refractivity contribution in [1.82, 2.24) is 19.9 Å². The quantitative estimate of drug-likeness (QED) is 0.0955. The van der Waals surface area contributed by atoms with Gasteiger partial charge in [-0.15, -0.1) is 0 Å². The lowest BCUT2D eigenvalue weighted by molar-refractivity contribution is -0.138. The molecule has 5 aromatic carbocycles. The second-order valence-electron chi connectivity index (χ2n) is 17.2. The van der Waals surface area contributed by atoms with E-state index in [1.165, 1.54) is 58.7 Å². The summed E-state index contributed by atoms with van der Waals surface area (Å²) in [5.74, 6) is 2.45. The SMILES string of the molecule is Clc1ccc(Oc2ccc(Br)cn2)cc1.Fc1ccc(Br)cn1.O=C1OC[C@H](c2cccc(C(F)(F)F)c2)N1c1ccc(Oc2ccc(Cl)cc2)nc1.O=C1OC[C@H](c2cccc(C(F)(F)F)c2)N1c1ccc(Oc2ccc(Cl)cc2)nc1. The Morgan fingerprint density at radius 1 is 0.458 bits per heavy atom. The first-order chi connectivity index (χ1) is 39.6. The number of amides is 2. The van der Waals surface area contributed by atoms with E-state index in [9.17, 15) is 40.3 Å². The first-order valence-corrected chi connectivity index (χ1v) is 26.7. The highest BCUT2D eigenvalue weighted by molar-refractivity contribution is 9.10. The Morgan fingerprint density at radius 2 is 0.807 bits per heavy atom. The molecule has 0 radical (unpaired) electrons. The zero-order chi connectivity index (χ0) is 59.3. The van der Waals surface area contributed by atoms with Gasteiger partial charge in [-0.2, -0.15) is 30.7 Å². The molecule has 0 bridgehead atoms. The monoisotopic (exact) mass is 1330 g/mol. The van der Waals surface area contributed by atoms with Crippen LogP contribution in [0.5, 0.6) is 34.9 Å². The van der Waals surface area contributed by atoms with Gasteiger partial charge >= 0.3 is 24.5 Å². The van der Waals surface area contributed by atoms with Crippen LogP contribution in [0, 0.1) is 5.95 Å². The summed E-state index contributed by atoms with van der Waals surface area (Å²) in [4.78, 5) is 42.9. The number of ether oxygens (including phenoxy) is 5. The molecule has 4 aromatic heterocycles. The first-order valence-electron chi connectivity index (χ1n) is 24.0. The van der Waals surface area contributed by atoms with Gasteiger partial charge in [-0.25, -0.2) is 29.5 Å². The van der Waals surface area contributed by atoms with Crippen LogP contribution in [0.4, 0.5) is 51.7 Å². The molecular formula is C58H38Br2Cl3F7N6O7. The van der Waals surface area contributed by atoms with E-state index in [2.05, 4.69) is 51.8 Å². The van der Waals surface area contributed by atoms with E-state index < -0.39 is 53.7 Å². The number of alkyl halides is 6. The van der Waals surface area contributed by atoms with Crippen LogP contribution in [-0.4, -0.2) is 45.3 Å². The van der Waals surface area contributed by atoms with Crippen molar-refractivity contribution in [2.24, 2.45) is 0 Å². The molecule has 6 heterocycles. The van der Waals surface area contributed by atoms with Gasteiger partial charge in [0.25, 0.3) is 0 Å². The topological polar surface area (TPSA) is 138 Å². The minimum absolute atomic E-state index is 0.0663. The highest BCUT2D eigenvalue weighted by atomic mass is 79.9. The third-order valence-corrected chi connectivity index (χ3v) is 13.1. The number of anilines is 2. The number of hydrogen-bond donors (Lipinski definition) is 0. The van der Waals surface area contributed by atoms with Gasteiger partial charge in [0.2, 0.25) is 23.6 Å². The van der Waals surface area contributed by atoms with Crippen LogP contribution in [0.3, 0.4) is 0 Å². The molecule has 25 heteroatoms. The maximum Gasteiger partial charge on any atom is 0.416 e. The zero-order valence-corrected chi connectivity index (χ0v) is 47.6. The van der Waals surface area contributed by atoms with E-state index in [-0.39, 0.29) is 25.0 Å². The van der Waals surface area contributed by atoms with Crippen LogP contribution in [0.1, 0.15) is 34.3 Å². The van der Waals surface area contributed by atoms with Crippen molar-refractivity contribution in [3.8, 4) is 34.9 Å². The molecule has 2 atom stereocenters. The van der Waals surface area contributed by atoms with Crippen LogP contribution < -0.4 is 24.0 Å². The average molecular weight is 1330 g/mol. The van der Waals surface area contributed by atoms with Crippen LogP contribution in [-0.2, 0) is 21.8 Å². The maximum atomic E-state index is 13.1. The highest BCUT2D eigenvalue weighted by Crippen LogP contribution is 2.39. The number of rotatable bonds is 10. The number of hydrogen-bond acceptors (Lipinski definition) is 11. The van der Waals surface area contributed by atoms with Crippen molar-refractivity contribution in [3.05, 3.63) is 247 Å². The summed E-state index contributed by atoms with van der Waals surface area (Å²) in [5.41, 5.74) is -0.186. The number of aromatic nitrogens is 4. The minimum Gasteiger partial charge on any atom is -0.447 e. The van der Waals surface area contributed by atoms with Gasteiger partial charge in [-0.3, -0.25) is 9.80 Å². The Hall–Kier alpha value is -8.02. The third-order valence-electron chi connectivity index (χ3n) is 11.4. The molecule has 9 aromatic rings. The summed E-state index contributed by atoms with van der Waals surface area (Å²) < 4.78 is 119. The second kappa shape index (κ2) is 27.8. The van der Waals surface area contributed by atoms with Gasteiger partial charge < -0.3 is 23.7 Å². The lowest BCUT2D eigenvalue weighted by Gasteiger charge is -2.22. The number of halogens is 12. The van der Waals surface area contributed by atoms with Crippen LogP contribution >= 0.6 is 66.7 Å². The predicted molar refractivity (Wildman–Crippen MR) is 303 cm³/mol. The van der Waals surface area contributed by atoms with Gasteiger partial charge in [0.15, 0.2) is 0 Å². The molecule has 13 nitrogen and oxygen atoms in total. The second-order valence-corrected chi connectivity index (χ2v) is 20.3. The molecule has 2 aliphatic rings. The van der Waals surface area contributed by atoms with Gasteiger partial charge in [0.1, 0.15) is 30.5 Å². The number of nitrogens with zero attached hydrogens (tertiary/aromatic N) is 6. The molecule has 2 fully saturated rings. The predicted octanol–water partition coefficient (Wildman–Crippen LogP) is 18.8. The van der Waals surface area contributed by atoms with Crippen molar-refractivity contribution in [3.63, 3.8) is 0 Å². The molecule has 0 unspecified atom stereocenters. The molecule has 2 aliphatic heterocycles. The Morgan fingerprint density at radius 3 is 1.11 bits per heavy atom. The molecule has 0 aliphatic carbocycles. The number of pyridine rings is 4. The molecule has 2 saturated heterocycles. The maximum absolute atomic E-state index is 13.1. The molecule has 0 N–H and O–H groups in total. The van der Waals surface area contributed by atoms with Gasteiger partial charge in [0, 0.05) is 54.6 Å². The van der Waals surface area contributed by atoms with Gasteiger partial charge in [-0.05, 0) is 170 Å². The zero-order valence-electron chi connectivity index (χ0n) is 42.1. The fourth-order valence-electron chi connectivity index (χ4n) is 7.55. The highest BCUT2D eigenvalue weighted by Gasteiger charge is 2.39. The summed E-state index contributed by atoms with van der Waals surface area (Å²) in [6.07, 6.45) is -4.38. The van der Waals surface area contributed by atoms with Crippen LogP contribution in [0.25, 0.3) is 0 Å². The Balaban J connectivity index is 0.000000159. The van der Waals surface area contributed by atoms with Gasteiger partial charge in [0.05, 0.1) is 47.0 Å². The number of benzene rings is 5. The summed E-state index contributed by atoms with van der Waals surface area (Å²) in [6, 6.07) is 41.7. The minimum atomic E-state index is -4.48. The lowest BCUT2D eigenvalue weighted by Crippen LogP contribution is -2.27. The lowest BCUT2D eigenvalue weighted by atomic mass is 10.0. The van der Waals surface area contributed by atoms with Crippen molar-refractivity contribution >= 4 is 90.2 Å². The van der Waals surface area contributed by atoms with E-state index >= 15 is 0 Å². The molecule has 0 spiro atoms. The van der Waals surface area contributed by atoms with Gasteiger partial charge in [-0.1, -0.05) is 59.1 Å². The average Bonchev–Trinajstić information content (AvgIpc) is 4.28. The van der Waals surface area contributed by atoms with Crippen molar-refractivity contribution in [1.29, 1.82) is 0 Å². The third kappa shape index (κ3) is 17.5. The normalized spacial score (nSPS) is 14.6. The molecular weight excluding hydrogens is 1290 g/mol. The standard InChI is InChI=1S/2C21H14ClF3N2O3.C11H7BrClNO.C5H3BrFN/c2*22-15-4-7-17(8-5-15)30-19-9-6-16(11-26-19)27-18(12-29-20(27)28)13-2-1-3-14(10-13)21(23,24)25;12-8-1-6-11(14-7-8)15-10-4-2-9(13)3-5-10;6-4-1-2-5(7)8-3-4/h2*1-11,18H,12H2;1-7H;1-3H/t2*18-;;/m11../s1. The van der Waals surface area contributed by atoms with E-state index in [4.69, 9.17) is 58.5 Å². The fourth-order valence-corrected chi connectivity index (χ4v) is 8.40. The smallest absolute Gasteiger partial charge is 0.416 e. The van der Waals surface area contributed by atoms with Crippen molar-refractivity contribution in [2.75, 3.05) is 23.0 Å². The Kier molecular flexibility index (Phi) is 20.5. The van der Waals surface area contributed by atoms with Crippen LogP contribution in [0.2, 0.25) is 15.1 Å². The van der Waals surface area contributed by atoms with E-state index in [1.807, 2.05) is 6.07 Å². The number of carbonyl (C=O) groups excluding carboxylic acids is 2. The first kappa shape index (κ1) is 61.1. The van der Waals surface area contributed by atoms with Crippen LogP contribution in [0.15, 0.2) is 204 Å². The van der Waals surface area contributed by atoms with Crippen molar-refractivity contribution in [2.45, 2.75) is 24.4 Å². The van der Waals surface area contributed by atoms with E-state index in [0.717, 1.165) is 33.2 Å². The molecule has 11 rings (SSSR count). The molecule has 2 amide bonds. The Bertz CT molecular complexity index is 3370. The summed E-state index contributed by atoms with van der Waals surface area (Å²) in [7, 11) is 0. The number of carbonyl (C=O) groups is 2. The van der Waals surface area contributed by atoms with E-state index in [1.54, 1.807) is 115 Å². The summed E-state index contributed by atoms with van der Waals surface area (Å²) >= 11 is 23.9. The molecule has 426 valence electrons. The summed E-state index contributed by atoms with van der Waals surface area (Å²) in [5, 5.41) is 1.82. The summed E-state index contributed by atoms with van der Waals surface area (Å²) in [6.45, 7) is -0.133. The molecule has 83 heavy (non-hydrogen) atoms. The van der Waals surface area contributed by atoms with E-state index in [0.29, 0.717) is 60.7 Å². The fraction of sp³-hybridized carbons (Fsp3) is 0.103. The van der Waals surface area contributed by atoms with Crippen molar-refractivity contribution < 1.29 is 64.0 Å².